The lowest BCUT2D eigenvalue weighted by Crippen LogP contribution is -2.41. The van der Waals surface area contributed by atoms with E-state index in [0.717, 1.165) is 25.9 Å². The molecule has 1 aliphatic heterocycles. The molecule has 0 spiro atoms. The molecule has 1 heterocycles. The number of ether oxygens (including phenoxy) is 2. The molecular formula is C17H21NO3. The van der Waals surface area contributed by atoms with Crippen molar-refractivity contribution in [2.24, 2.45) is 5.92 Å². The summed E-state index contributed by atoms with van der Waals surface area (Å²) in [6, 6.07) is 7.27. The van der Waals surface area contributed by atoms with Gasteiger partial charge in [0.05, 0.1) is 13.7 Å². The molecule has 0 aliphatic carbocycles. The van der Waals surface area contributed by atoms with Crippen molar-refractivity contribution in [3.05, 3.63) is 29.8 Å². The molecule has 0 saturated carbocycles. The number of methoxy groups -OCH3 is 1. The van der Waals surface area contributed by atoms with Crippen molar-refractivity contribution in [2.75, 3.05) is 33.4 Å². The summed E-state index contributed by atoms with van der Waals surface area (Å²) in [7, 11) is 1.60. The van der Waals surface area contributed by atoms with Crippen LogP contribution in [0.25, 0.3) is 0 Å². The van der Waals surface area contributed by atoms with Crippen LogP contribution in [0.3, 0.4) is 0 Å². The van der Waals surface area contributed by atoms with Gasteiger partial charge in [0.15, 0.2) is 0 Å². The Labute approximate surface area is 126 Å². The van der Waals surface area contributed by atoms with E-state index in [1.54, 1.807) is 13.2 Å². The minimum atomic E-state index is 0.0514. The number of likely N-dealkylation sites (tertiary alicyclic amines) is 1. The topological polar surface area (TPSA) is 38.8 Å². The maximum Gasteiger partial charge on any atom is 0.253 e. The normalized spacial score (nSPS) is 18.1. The average molecular weight is 287 g/mol. The van der Waals surface area contributed by atoms with Gasteiger partial charge in [-0.05, 0) is 31.0 Å². The van der Waals surface area contributed by atoms with E-state index in [2.05, 4.69) is 5.92 Å². The number of benzene rings is 1. The van der Waals surface area contributed by atoms with Crippen LogP contribution >= 0.6 is 0 Å². The highest BCUT2D eigenvalue weighted by atomic mass is 16.5. The first-order valence-corrected chi connectivity index (χ1v) is 7.19. The molecular weight excluding hydrogens is 266 g/mol. The molecule has 0 radical (unpaired) electrons. The first-order valence-electron chi connectivity index (χ1n) is 7.19. The fraction of sp³-hybridized carbons (Fsp3) is 0.471. The van der Waals surface area contributed by atoms with E-state index in [9.17, 15) is 4.79 Å². The van der Waals surface area contributed by atoms with E-state index in [1.807, 2.05) is 23.1 Å². The van der Waals surface area contributed by atoms with Crippen LogP contribution in [0.2, 0.25) is 0 Å². The van der Waals surface area contributed by atoms with Crippen LogP contribution in [0.4, 0.5) is 0 Å². The van der Waals surface area contributed by atoms with Crippen molar-refractivity contribution in [3.8, 4) is 18.1 Å². The molecule has 0 bridgehead atoms. The van der Waals surface area contributed by atoms with E-state index >= 15 is 0 Å². The molecule has 1 saturated heterocycles. The summed E-state index contributed by atoms with van der Waals surface area (Å²) in [5.41, 5.74) is 0.666. The van der Waals surface area contributed by atoms with Gasteiger partial charge in [-0.25, -0.2) is 0 Å². The average Bonchev–Trinajstić information content (AvgIpc) is 2.55. The lowest BCUT2D eigenvalue weighted by Gasteiger charge is -2.32. The Morgan fingerprint density at radius 3 is 3.14 bits per heavy atom. The standard InChI is InChI=1S/C17H21NO3/c1-3-10-21-13-14-6-5-9-18(12-14)17(19)15-7-4-8-16(11-15)20-2/h1,4,7-8,11,14H,5-6,9-10,12-13H2,2H3. The van der Waals surface area contributed by atoms with Crippen LogP contribution in [-0.4, -0.2) is 44.2 Å². The lowest BCUT2D eigenvalue weighted by molar-refractivity contribution is 0.0534. The highest BCUT2D eigenvalue weighted by Crippen LogP contribution is 2.20. The number of hydrogen-bond acceptors (Lipinski definition) is 3. The SMILES string of the molecule is C#CCOCC1CCCN(C(=O)c2cccc(OC)c2)C1. The van der Waals surface area contributed by atoms with E-state index in [4.69, 9.17) is 15.9 Å². The Morgan fingerprint density at radius 2 is 2.38 bits per heavy atom. The summed E-state index contributed by atoms with van der Waals surface area (Å²) < 4.78 is 10.6. The predicted octanol–water partition coefficient (Wildman–Crippen LogP) is 2.20. The zero-order chi connectivity index (χ0) is 15.1. The monoisotopic (exact) mass is 287 g/mol. The molecule has 1 aromatic carbocycles. The molecule has 0 aromatic heterocycles. The number of carbonyl (C=O) groups is 1. The van der Waals surface area contributed by atoms with Crippen LogP contribution in [0.15, 0.2) is 24.3 Å². The zero-order valence-corrected chi connectivity index (χ0v) is 12.4. The lowest BCUT2D eigenvalue weighted by atomic mass is 9.98. The molecule has 1 unspecified atom stereocenters. The summed E-state index contributed by atoms with van der Waals surface area (Å²) in [5.74, 6) is 3.58. The maximum atomic E-state index is 12.5. The number of amides is 1. The number of hydrogen-bond donors (Lipinski definition) is 0. The van der Waals surface area contributed by atoms with Crippen LogP contribution in [-0.2, 0) is 4.74 Å². The second-order valence-corrected chi connectivity index (χ2v) is 5.21. The number of terminal acetylenes is 1. The van der Waals surface area contributed by atoms with Crippen molar-refractivity contribution in [1.29, 1.82) is 0 Å². The minimum Gasteiger partial charge on any atom is -0.497 e. The van der Waals surface area contributed by atoms with E-state index in [1.165, 1.54) is 0 Å². The van der Waals surface area contributed by atoms with Crippen molar-refractivity contribution in [2.45, 2.75) is 12.8 Å². The molecule has 1 atom stereocenters. The van der Waals surface area contributed by atoms with Crippen LogP contribution in [0, 0.1) is 18.3 Å². The van der Waals surface area contributed by atoms with Crippen LogP contribution < -0.4 is 4.74 Å². The third-order valence-electron chi connectivity index (χ3n) is 3.66. The number of carbonyl (C=O) groups excluding carboxylic acids is 1. The number of nitrogens with zero attached hydrogens (tertiary/aromatic N) is 1. The summed E-state index contributed by atoms with van der Waals surface area (Å²) >= 11 is 0. The fourth-order valence-electron chi connectivity index (χ4n) is 2.61. The molecule has 21 heavy (non-hydrogen) atoms. The van der Waals surface area contributed by atoms with Crippen LogP contribution in [0.5, 0.6) is 5.75 Å². The van der Waals surface area contributed by atoms with Gasteiger partial charge in [0, 0.05) is 24.6 Å². The summed E-state index contributed by atoms with van der Waals surface area (Å²) in [4.78, 5) is 14.4. The maximum absolute atomic E-state index is 12.5. The molecule has 112 valence electrons. The minimum absolute atomic E-state index is 0.0514. The molecule has 1 aromatic rings. The zero-order valence-electron chi connectivity index (χ0n) is 12.4. The van der Waals surface area contributed by atoms with E-state index < -0.39 is 0 Å². The molecule has 2 rings (SSSR count). The molecule has 4 nitrogen and oxygen atoms in total. The van der Waals surface area contributed by atoms with E-state index in [-0.39, 0.29) is 5.91 Å². The van der Waals surface area contributed by atoms with Gasteiger partial charge in [-0.1, -0.05) is 12.0 Å². The quantitative estimate of drug-likeness (QED) is 0.615. The molecule has 1 aliphatic rings. The van der Waals surface area contributed by atoms with Crippen molar-refractivity contribution in [1.82, 2.24) is 4.90 Å². The van der Waals surface area contributed by atoms with Gasteiger partial charge in [0.1, 0.15) is 12.4 Å². The van der Waals surface area contributed by atoms with Gasteiger partial charge >= 0.3 is 0 Å². The first kappa shape index (κ1) is 15.4. The smallest absolute Gasteiger partial charge is 0.253 e. The second kappa shape index (κ2) is 7.70. The highest BCUT2D eigenvalue weighted by Gasteiger charge is 2.24. The van der Waals surface area contributed by atoms with Gasteiger partial charge in [-0.2, -0.15) is 0 Å². The third-order valence-corrected chi connectivity index (χ3v) is 3.66. The van der Waals surface area contributed by atoms with Gasteiger partial charge in [-0.3, -0.25) is 4.79 Å². The first-order chi connectivity index (χ1) is 10.2. The Morgan fingerprint density at radius 1 is 1.52 bits per heavy atom. The summed E-state index contributed by atoms with van der Waals surface area (Å²) in [5, 5.41) is 0. The second-order valence-electron chi connectivity index (χ2n) is 5.21. The Hall–Kier alpha value is -1.99. The van der Waals surface area contributed by atoms with E-state index in [0.29, 0.717) is 30.4 Å². The predicted molar refractivity (Wildman–Crippen MR) is 81.3 cm³/mol. The third kappa shape index (κ3) is 4.24. The summed E-state index contributed by atoms with van der Waals surface area (Å²) in [6.07, 6.45) is 7.25. The summed E-state index contributed by atoms with van der Waals surface area (Å²) in [6.45, 7) is 2.47. The van der Waals surface area contributed by atoms with Crippen molar-refractivity contribution in [3.63, 3.8) is 0 Å². The Balaban J connectivity index is 1.96. The van der Waals surface area contributed by atoms with Crippen molar-refractivity contribution >= 4 is 5.91 Å². The van der Waals surface area contributed by atoms with Gasteiger partial charge in [0.2, 0.25) is 0 Å². The molecule has 0 N–H and O–H groups in total. The molecule has 1 fully saturated rings. The van der Waals surface area contributed by atoms with Crippen LogP contribution in [0.1, 0.15) is 23.2 Å². The highest BCUT2D eigenvalue weighted by molar-refractivity contribution is 5.94. The number of piperidine rings is 1. The fourth-order valence-corrected chi connectivity index (χ4v) is 2.61. The Kier molecular flexibility index (Phi) is 5.65. The van der Waals surface area contributed by atoms with Gasteiger partial charge in [0.25, 0.3) is 5.91 Å². The van der Waals surface area contributed by atoms with Gasteiger partial charge < -0.3 is 14.4 Å². The largest absolute Gasteiger partial charge is 0.497 e. The molecule has 1 amide bonds. The van der Waals surface area contributed by atoms with Gasteiger partial charge in [-0.15, -0.1) is 6.42 Å². The van der Waals surface area contributed by atoms with Crippen molar-refractivity contribution < 1.29 is 14.3 Å². The Bertz CT molecular complexity index is 521. The molecule has 4 heteroatoms. The number of rotatable bonds is 5.